The smallest absolute Gasteiger partial charge is 0.0832 e. The molecule has 1 fully saturated rings. The maximum Gasteiger partial charge on any atom is 0.0832 e. The third-order valence-corrected chi connectivity index (χ3v) is 3.99. The number of hydrogen-bond acceptors (Lipinski definition) is 2. The second-order valence-electron chi connectivity index (χ2n) is 5.35. The molecule has 16 heavy (non-hydrogen) atoms. The highest BCUT2D eigenvalue weighted by Crippen LogP contribution is 2.38. The van der Waals surface area contributed by atoms with E-state index in [9.17, 15) is 5.11 Å². The van der Waals surface area contributed by atoms with E-state index in [4.69, 9.17) is 0 Å². The minimum Gasteiger partial charge on any atom is -0.390 e. The fraction of sp³-hybridized carbons (Fsp3) is 0.857. The lowest BCUT2D eigenvalue weighted by molar-refractivity contribution is -0.0402. The van der Waals surface area contributed by atoms with Gasteiger partial charge in [0.2, 0.25) is 0 Å². The van der Waals surface area contributed by atoms with Crippen LogP contribution in [-0.2, 0) is 0 Å². The first-order chi connectivity index (χ1) is 7.53. The summed E-state index contributed by atoms with van der Waals surface area (Å²) in [5, 5.41) is 10.4. The van der Waals surface area contributed by atoms with E-state index in [-0.39, 0.29) is 11.6 Å². The zero-order chi connectivity index (χ0) is 12.2. The van der Waals surface area contributed by atoms with Crippen LogP contribution >= 0.6 is 0 Å². The molecular weight excluding hydrogens is 198 g/mol. The summed E-state index contributed by atoms with van der Waals surface area (Å²) in [4.78, 5) is 2.21. The van der Waals surface area contributed by atoms with Gasteiger partial charge in [-0.2, -0.15) is 0 Å². The predicted molar refractivity (Wildman–Crippen MR) is 68.1 cm³/mol. The molecule has 0 heterocycles. The molecule has 3 atom stereocenters. The summed E-state index contributed by atoms with van der Waals surface area (Å²) in [5.74, 6) is 6.60. The van der Waals surface area contributed by atoms with Crippen LogP contribution in [0.15, 0.2) is 0 Å². The zero-order valence-electron chi connectivity index (χ0n) is 11.1. The molecule has 1 N–H and O–H groups in total. The minimum atomic E-state index is -0.322. The van der Waals surface area contributed by atoms with Crippen molar-refractivity contribution < 1.29 is 5.11 Å². The van der Waals surface area contributed by atoms with Gasteiger partial charge < -0.3 is 10.0 Å². The van der Waals surface area contributed by atoms with E-state index in [1.807, 2.05) is 6.92 Å². The van der Waals surface area contributed by atoms with Gasteiger partial charge in [0.25, 0.3) is 0 Å². The Morgan fingerprint density at radius 3 is 2.69 bits per heavy atom. The molecule has 2 heteroatoms. The summed E-state index contributed by atoms with van der Waals surface area (Å²) >= 11 is 0. The maximum absolute atomic E-state index is 10.4. The van der Waals surface area contributed by atoms with Gasteiger partial charge in [-0.15, -0.1) is 11.8 Å². The molecule has 2 nitrogen and oxygen atoms in total. The van der Waals surface area contributed by atoms with E-state index < -0.39 is 0 Å². The molecule has 3 unspecified atom stereocenters. The first-order valence-electron chi connectivity index (χ1n) is 6.28. The Kier molecular flexibility index (Phi) is 4.83. The van der Waals surface area contributed by atoms with Crippen LogP contribution in [0, 0.1) is 17.8 Å². The largest absolute Gasteiger partial charge is 0.390 e. The van der Waals surface area contributed by atoms with Crippen LogP contribution in [0.5, 0.6) is 0 Å². The highest BCUT2D eigenvalue weighted by Gasteiger charge is 2.42. The molecule has 0 aromatic carbocycles. The van der Waals surface area contributed by atoms with Gasteiger partial charge >= 0.3 is 0 Å². The summed E-state index contributed by atoms with van der Waals surface area (Å²) in [6.45, 7) is 4.12. The molecule has 0 saturated heterocycles. The Balaban J connectivity index is 2.81. The van der Waals surface area contributed by atoms with Gasteiger partial charge in [0.05, 0.1) is 6.10 Å². The quantitative estimate of drug-likeness (QED) is 0.742. The van der Waals surface area contributed by atoms with Crippen molar-refractivity contribution in [2.45, 2.75) is 57.6 Å². The second kappa shape index (κ2) is 5.70. The first-order valence-corrected chi connectivity index (χ1v) is 6.28. The van der Waals surface area contributed by atoms with Gasteiger partial charge in [-0.25, -0.2) is 0 Å². The average molecular weight is 223 g/mol. The summed E-state index contributed by atoms with van der Waals surface area (Å²) in [5.41, 5.74) is -0.0541. The predicted octanol–water partition coefficient (Wildman–Crippen LogP) is 2.27. The first kappa shape index (κ1) is 13.5. The van der Waals surface area contributed by atoms with Crippen molar-refractivity contribution in [1.82, 2.24) is 4.90 Å². The Hall–Kier alpha value is -0.520. The van der Waals surface area contributed by atoms with E-state index in [0.29, 0.717) is 12.3 Å². The number of hydrogen-bond donors (Lipinski definition) is 1. The molecule has 0 spiro atoms. The minimum absolute atomic E-state index is 0.0541. The number of likely N-dealkylation sites (N-methyl/N-ethyl adjacent to an activating group) is 1. The van der Waals surface area contributed by atoms with E-state index in [2.05, 4.69) is 37.8 Å². The van der Waals surface area contributed by atoms with Crippen molar-refractivity contribution in [2.24, 2.45) is 5.92 Å². The van der Waals surface area contributed by atoms with Crippen molar-refractivity contribution in [1.29, 1.82) is 0 Å². The van der Waals surface area contributed by atoms with E-state index in [1.54, 1.807) is 0 Å². The van der Waals surface area contributed by atoms with Gasteiger partial charge in [-0.1, -0.05) is 19.8 Å². The molecule has 1 saturated carbocycles. The van der Waals surface area contributed by atoms with Crippen molar-refractivity contribution in [2.75, 3.05) is 14.1 Å². The standard InChI is InChI=1S/C14H25NO/c1-5-6-9-13(16)14(15(3)4)10-7-8-12(2)11-14/h12-13,16H,7-11H2,1-4H3. The van der Waals surface area contributed by atoms with E-state index in [1.165, 1.54) is 12.8 Å². The van der Waals surface area contributed by atoms with Crippen LogP contribution in [0.4, 0.5) is 0 Å². The highest BCUT2D eigenvalue weighted by atomic mass is 16.3. The van der Waals surface area contributed by atoms with Crippen LogP contribution in [0.1, 0.15) is 46.0 Å². The molecule has 0 amide bonds. The van der Waals surface area contributed by atoms with Crippen LogP contribution < -0.4 is 0 Å². The van der Waals surface area contributed by atoms with Gasteiger partial charge in [0.1, 0.15) is 0 Å². The molecule has 1 aliphatic rings. The normalized spacial score (nSPS) is 32.0. The van der Waals surface area contributed by atoms with Crippen molar-refractivity contribution >= 4 is 0 Å². The zero-order valence-corrected chi connectivity index (χ0v) is 11.1. The van der Waals surface area contributed by atoms with Gasteiger partial charge in [0, 0.05) is 12.0 Å². The molecule has 0 aromatic rings. The summed E-state index contributed by atoms with van der Waals surface area (Å²) in [6, 6.07) is 0. The van der Waals surface area contributed by atoms with Crippen LogP contribution in [-0.4, -0.2) is 35.7 Å². The number of nitrogens with zero attached hydrogens (tertiary/aromatic N) is 1. The van der Waals surface area contributed by atoms with Crippen LogP contribution in [0.25, 0.3) is 0 Å². The Morgan fingerprint density at radius 2 is 2.19 bits per heavy atom. The molecule has 92 valence electrons. The van der Waals surface area contributed by atoms with Crippen molar-refractivity contribution in [3.63, 3.8) is 0 Å². The lowest BCUT2D eigenvalue weighted by Gasteiger charge is -2.48. The maximum atomic E-state index is 10.4. The molecule has 1 aliphatic carbocycles. The molecule has 0 aliphatic heterocycles. The Labute approximate surface area is 100 Å². The summed E-state index contributed by atoms with van der Waals surface area (Å²) in [6.07, 6.45) is 4.97. The lowest BCUT2D eigenvalue weighted by Crippen LogP contribution is -2.55. The van der Waals surface area contributed by atoms with Crippen LogP contribution in [0.2, 0.25) is 0 Å². The SMILES string of the molecule is CC#CCC(O)C1(N(C)C)CCCC(C)C1. The Morgan fingerprint density at radius 1 is 1.50 bits per heavy atom. The molecule has 0 radical (unpaired) electrons. The fourth-order valence-corrected chi connectivity index (χ4v) is 2.96. The average Bonchev–Trinajstić information content (AvgIpc) is 2.25. The highest BCUT2D eigenvalue weighted by molar-refractivity contribution is 5.05. The van der Waals surface area contributed by atoms with E-state index >= 15 is 0 Å². The van der Waals surface area contributed by atoms with Crippen molar-refractivity contribution in [3.05, 3.63) is 0 Å². The summed E-state index contributed by atoms with van der Waals surface area (Å²) in [7, 11) is 4.17. The third kappa shape index (κ3) is 2.78. The fourth-order valence-electron chi connectivity index (χ4n) is 2.96. The molecular formula is C14H25NO. The van der Waals surface area contributed by atoms with Gasteiger partial charge in [0.15, 0.2) is 0 Å². The molecule has 1 rings (SSSR count). The van der Waals surface area contributed by atoms with Gasteiger partial charge in [-0.05, 0) is 39.8 Å². The topological polar surface area (TPSA) is 23.5 Å². The lowest BCUT2D eigenvalue weighted by atomic mass is 9.71. The number of aliphatic hydroxyl groups excluding tert-OH is 1. The Bertz CT molecular complexity index is 276. The van der Waals surface area contributed by atoms with Crippen LogP contribution in [0.3, 0.4) is 0 Å². The second-order valence-corrected chi connectivity index (χ2v) is 5.35. The summed E-state index contributed by atoms with van der Waals surface area (Å²) < 4.78 is 0. The molecule has 0 aromatic heterocycles. The van der Waals surface area contributed by atoms with Crippen molar-refractivity contribution in [3.8, 4) is 11.8 Å². The van der Waals surface area contributed by atoms with Gasteiger partial charge in [-0.3, -0.25) is 0 Å². The van der Waals surface area contributed by atoms with E-state index in [0.717, 1.165) is 12.8 Å². The monoisotopic (exact) mass is 223 g/mol. The number of aliphatic hydroxyl groups is 1. The molecule has 0 bridgehead atoms. The third-order valence-electron chi connectivity index (χ3n) is 3.99. The number of rotatable bonds is 3.